The van der Waals surface area contributed by atoms with Gasteiger partial charge in [0.2, 0.25) is 0 Å². The molecule has 2 nitrogen and oxygen atoms in total. The molecule has 2 aromatic carbocycles. The molecule has 0 radical (unpaired) electrons. The summed E-state index contributed by atoms with van der Waals surface area (Å²) in [5.41, 5.74) is 0.113. The number of phenols is 1. The van der Waals surface area contributed by atoms with Crippen LogP contribution in [0.2, 0.25) is 0 Å². The first kappa shape index (κ1) is 10.5. The maximum Gasteiger partial charge on any atom is 0.256 e. The molecule has 0 aromatic heterocycles. The van der Waals surface area contributed by atoms with Gasteiger partial charge in [-0.25, -0.2) is 0 Å². The number of hydrogen-bond donors (Lipinski definition) is 1. The predicted molar refractivity (Wildman–Crippen MR) is 63.5 cm³/mol. The van der Waals surface area contributed by atoms with Crippen LogP contribution in [0.4, 0.5) is 0 Å². The predicted octanol–water partition coefficient (Wildman–Crippen LogP) is 3.69. The third-order valence-corrected chi connectivity index (χ3v) is 3.04. The van der Waals surface area contributed by atoms with E-state index < -0.39 is 5.24 Å². The van der Waals surface area contributed by atoms with E-state index in [0.717, 1.165) is 9.86 Å². The number of phenolic OH excluding ortho intramolecular Hbond substituents is 1. The van der Waals surface area contributed by atoms with Gasteiger partial charge in [-0.2, -0.15) is 0 Å². The second-order valence-corrected chi connectivity index (χ2v) is 4.27. The molecule has 0 aliphatic heterocycles. The number of hydrogen-bond acceptors (Lipinski definition) is 2. The molecule has 2 aromatic rings. The Morgan fingerprint density at radius 2 is 1.87 bits per heavy atom. The normalized spacial score (nSPS) is 10.5. The van der Waals surface area contributed by atoms with Gasteiger partial charge in [0.25, 0.3) is 5.24 Å². The van der Waals surface area contributed by atoms with Crippen molar-refractivity contribution in [1.82, 2.24) is 0 Å². The highest BCUT2D eigenvalue weighted by Gasteiger charge is 2.13. The molecule has 0 aliphatic rings. The molecule has 0 saturated heterocycles. The van der Waals surface area contributed by atoms with Crippen molar-refractivity contribution in [2.75, 3.05) is 0 Å². The lowest BCUT2D eigenvalue weighted by Gasteiger charge is -2.06. The zero-order chi connectivity index (χ0) is 11.0. The molecule has 76 valence electrons. The van der Waals surface area contributed by atoms with E-state index >= 15 is 0 Å². The Kier molecular flexibility index (Phi) is 2.67. The van der Waals surface area contributed by atoms with Gasteiger partial charge in [0.15, 0.2) is 0 Å². The van der Waals surface area contributed by atoms with Crippen LogP contribution in [0.1, 0.15) is 10.4 Å². The second kappa shape index (κ2) is 3.83. The summed E-state index contributed by atoms with van der Waals surface area (Å²) < 4.78 is 0.736. The number of halogens is 2. The summed E-state index contributed by atoms with van der Waals surface area (Å²) in [6, 6.07) is 8.75. The van der Waals surface area contributed by atoms with Crippen LogP contribution in [0, 0.1) is 0 Å². The Balaban J connectivity index is 2.90. The maximum atomic E-state index is 11.0. The average Bonchev–Trinajstić information content (AvgIpc) is 2.23. The van der Waals surface area contributed by atoms with Gasteiger partial charge in [-0.05, 0) is 23.1 Å². The van der Waals surface area contributed by atoms with Gasteiger partial charge in [0.05, 0.1) is 5.56 Å². The highest BCUT2D eigenvalue weighted by Crippen LogP contribution is 2.34. The number of fused-ring (bicyclic) bond motifs is 1. The van der Waals surface area contributed by atoms with Crippen molar-refractivity contribution in [2.45, 2.75) is 0 Å². The van der Waals surface area contributed by atoms with Crippen LogP contribution in [-0.4, -0.2) is 10.3 Å². The van der Waals surface area contributed by atoms with E-state index in [0.29, 0.717) is 5.39 Å². The minimum Gasteiger partial charge on any atom is -0.506 e. The summed E-state index contributed by atoms with van der Waals surface area (Å²) in [7, 11) is 0. The fourth-order valence-corrected chi connectivity index (χ4v) is 2.18. The molecule has 0 amide bonds. The fraction of sp³-hybridized carbons (Fsp3) is 0. The first-order valence-corrected chi connectivity index (χ1v) is 5.38. The van der Waals surface area contributed by atoms with E-state index in [4.69, 9.17) is 11.6 Å². The third-order valence-electron chi connectivity index (χ3n) is 2.18. The molecule has 0 bridgehead atoms. The molecule has 4 heteroatoms. The number of rotatable bonds is 1. The first-order chi connectivity index (χ1) is 7.11. The summed E-state index contributed by atoms with van der Waals surface area (Å²) in [5, 5.41) is 10.6. The smallest absolute Gasteiger partial charge is 0.256 e. The Morgan fingerprint density at radius 3 is 2.47 bits per heavy atom. The molecular weight excluding hydrogens is 279 g/mol. The molecule has 0 fully saturated rings. The monoisotopic (exact) mass is 284 g/mol. The topological polar surface area (TPSA) is 37.3 Å². The molecule has 0 heterocycles. The molecule has 0 spiro atoms. The van der Waals surface area contributed by atoms with Crippen LogP contribution in [-0.2, 0) is 0 Å². The fourth-order valence-electron chi connectivity index (χ4n) is 1.47. The summed E-state index contributed by atoms with van der Waals surface area (Å²) in [6.45, 7) is 0. The van der Waals surface area contributed by atoms with Gasteiger partial charge >= 0.3 is 0 Å². The van der Waals surface area contributed by atoms with Gasteiger partial charge in [-0.1, -0.05) is 40.2 Å². The lowest BCUT2D eigenvalue weighted by Crippen LogP contribution is -1.91. The molecule has 2 rings (SSSR count). The van der Waals surface area contributed by atoms with Crippen molar-refractivity contribution in [3.05, 3.63) is 40.4 Å². The minimum atomic E-state index is -0.668. The lowest BCUT2D eigenvalue weighted by atomic mass is 10.1. The second-order valence-electron chi connectivity index (χ2n) is 3.07. The van der Waals surface area contributed by atoms with Crippen LogP contribution >= 0.6 is 27.5 Å². The van der Waals surface area contributed by atoms with E-state index in [1.807, 2.05) is 12.1 Å². The van der Waals surface area contributed by atoms with Crippen LogP contribution in [0.3, 0.4) is 0 Å². The average molecular weight is 286 g/mol. The standard InChI is InChI=1S/C11H6BrClO2/c12-9-5-8(11(13)15)10(14)7-4-2-1-3-6(7)9/h1-5,14H. The summed E-state index contributed by atoms with van der Waals surface area (Å²) >= 11 is 8.69. The Morgan fingerprint density at radius 1 is 1.27 bits per heavy atom. The Labute approximate surface area is 99.6 Å². The van der Waals surface area contributed by atoms with Crippen molar-refractivity contribution in [3.63, 3.8) is 0 Å². The van der Waals surface area contributed by atoms with Crippen LogP contribution in [0.5, 0.6) is 5.75 Å². The quantitative estimate of drug-likeness (QED) is 0.811. The molecular formula is C11H6BrClO2. The van der Waals surface area contributed by atoms with E-state index in [2.05, 4.69) is 15.9 Å². The van der Waals surface area contributed by atoms with Crippen LogP contribution in [0.25, 0.3) is 10.8 Å². The largest absolute Gasteiger partial charge is 0.506 e. The maximum absolute atomic E-state index is 11.0. The number of carbonyl (C=O) groups excluding carboxylic acids is 1. The third kappa shape index (κ3) is 1.73. The van der Waals surface area contributed by atoms with Gasteiger partial charge in [-0.15, -0.1) is 0 Å². The SMILES string of the molecule is O=C(Cl)c1cc(Br)c2ccccc2c1O. The number of benzene rings is 2. The Hall–Kier alpha value is -1.06. The molecule has 0 unspecified atom stereocenters. The van der Waals surface area contributed by atoms with E-state index in [1.165, 1.54) is 6.07 Å². The Bertz CT molecular complexity index is 552. The highest BCUT2D eigenvalue weighted by molar-refractivity contribution is 9.10. The summed E-state index contributed by atoms with van der Waals surface area (Å²) in [6.07, 6.45) is 0. The van der Waals surface area contributed by atoms with Crippen molar-refractivity contribution in [2.24, 2.45) is 0 Å². The van der Waals surface area contributed by atoms with E-state index in [1.54, 1.807) is 12.1 Å². The van der Waals surface area contributed by atoms with Gasteiger partial charge < -0.3 is 5.11 Å². The molecule has 0 aliphatic carbocycles. The molecule has 15 heavy (non-hydrogen) atoms. The molecule has 0 saturated carbocycles. The highest BCUT2D eigenvalue weighted by atomic mass is 79.9. The van der Waals surface area contributed by atoms with Crippen molar-refractivity contribution in [1.29, 1.82) is 0 Å². The minimum absolute atomic E-state index is 0.0752. The van der Waals surface area contributed by atoms with E-state index in [9.17, 15) is 9.90 Å². The van der Waals surface area contributed by atoms with Crippen LogP contribution in [0.15, 0.2) is 34.8 Å². The number of aromatic hydroxyl groups is 1. The van der Waals surface area contributed by atoms with Crippen molar-refractivity contribution >= 4 is 43.5 Å². The van der Waals surface area contributed by atoms with E-state index in [-0.39, 0.29) is 11.3 Å². The van der Waals surface area contributed by atoms with Crippen molar-refractivity contribution < 1.29 is 9.90 Å². The van der Waals surface area contributed by atoms with Crippen molar-refractivity contribution in [3.8, 4) is 5.75 Å². The first-order valence-electron chi connectivity index (χ1n) is 4.21. The number of carbonyl (C=O) groups is 1. The summed E-state index contributed by atoms with van der Waals surface area (Å²) in [4.78, 5) is 11.0. The lowest BCUT2D eigenvalue weighted by molar-refractivity contribution is 0.107. The van der Waals surface area contributed by atoms with Gasteiger partial charge in [-0.3, -0.25) is 4.79 Å². The zero-order valence-corrected chi connectivity index (χ0v) is 9.84. The summed E-state index contributed by atoms with van der Waals surface area (Å²) in [5.74, 6) is -0.0752. The van der Waals surface area contributed by atoms with Gasteiger partial charge in [0, 0.05) is 9.86 Å². The molecule has 0 atom stereocenters. The zero-order valence-electron chi connectivity index (χ0n) is 7.50. The van der Waals surface area contributed by atoms with Crippen LogP contribution < -0.4 is 0 Å². The molecule has 1 N–H and O–H groups in total. The van der Waals surface area contributed by atoms with Gasteiger partial charge in [0.1, 0.15) is 5.75 Å².